The van der Waals surface area contributed by atoms with Crippen molar-refractivity contribution in [2.24, 2.45) is 5.92 Å². The van der Waals surface area contributed by atoms with Gasteiger partial charge in [0.2, 0.25) is 5.91 Å². The normalized spacial score (nSPS) is 10.8. The second-order valence-electron chi connectivity index (χ2n) is 8.20. The number of carbonyl (C=O) groups excluding carboxylic acids is 2. The van der Waals surface area contributed by atoms with Crippen LogP contribution >= 0.6 is 11.3 Å². The molecule has 1 aromatic heterocycles. The average Bonchev–Trinajstić information content (AvgIpc) is 3.31. The molecule has 0 spiro atoms. The molecule has 2 amide bonds. The standard InChI is InChI=1S/C25H27N3O4S/c1-19(2)15-27(25(30)21-10-6-11-22(14-21)28(31)32)18-24(29)26(17-23-12-7-13-33-23)16-20-8-4-3-5-9-20/h3-14,19H,15-18H2,1-2H3. The van der Waals surface area contributed by atoms with E-state index in [-0.39, 0.29) is 29.6 Å². The molecule has 0 saturated heterocycles. The Hall–Kier alpha value is -3.52. The molecule has 0 atom stereocenters. The quantitative estimate of drug-likeness (QED) is 0.312. The zero-order chi connectivity index (χ0) is 23.8. The highest BCUT2D eigenvalue weighted by molar-refractivity contribution is 7.09. The zero-order valence-electron chi connectivity index (χ0n) is 18.7. The lowest BCUT2D eigenvalue weighted by Crippen LogP contribution is -2.43. The zero-order valence-corrected chi connectivity index (χ0v) is 19.5. The van der Waals surface area contributed by atoms with Crippen LogP contribution < -0.4 is 0 Å². The molecule has 0 aliphatic heterocycles. The van der Waals surface area contributed by atoms with Gasteiger partial charge in [0.15, 0.2) is 0 Å². The van der Waals surface area contributed by atoms with Gasteiger partial charge in [0.1, 0.15) is 6.54 Å². The molecule has 0 aliphatic carbocycles. The van der Waals surface area contributed by atoms with Gasteiger partial charge < -0.3 is 9.80 Å². The third-order valence-corrected chi connectivity index (χ3v) is 5.86. The summed E-state index contributed by atoms with van der Waals surface area (Å²) in [5.41, 5.74) is 1.05. The lowest BCUT2D eigenvalue weighted by molar-refractivity contribution is -0.384. The summed E-state index contributed by atoms with van der Waals surface area (Å²) < 4.78 is 0. The monoisotopic (exact) mass is 465 g/mol. The molecule has 1 heterocycles. The molecule has 0 bridgehead atoms. The van der Waals surface area contributed by atoms with E-state index in [1.165, 1.54) is 23.1 Å². The minimum atomic E-state index is -0.530. The summed E-state index contributed by atoms with van der Waals surface area (Å²) in [5.74, 6) is -0.441. The fourth-order valence-corrected chi connectivity index (χ4v) is 4.20. The number of rotatable bonds is 10. The summed E-state index contributed by atoms with van der Waals surface area (Å²) in [7, 11) is 0. The van der Waals surface area contributed by atoms with E-state index in [0.29, 0.717) is 19.6 Å². The molecular weight excluding hydrogens is 438 g/mol. The maximum Gasteiger partial charge on any atom is 0.270 e. The Morgan fingerprint density at radius 1 is 0.970 bits per heavy atom. The highest BCUT2D eigenvalue weighted by Gasteiger charge is 2.24. The molecule has 0 N–H and O–H groups in total. The van der Waals surface area contributed by atoms with Crippen LogP contribution in [0.2, 0.25) is 0 Å². The van der Waals surface area contributed by atoms with Crippen LogP contribution in [0.25, 0.3) is 0 Å². The maximum absolute atomic E-state index is 13.4. The Morgan fingerprint density at radius 3 is 2.36 bits per heavy atom. The van der Waals surface area contributed by atoms with Crippen molar-refractivity contribution in [2.45, 2.75) is 26.9 Å². The smallest absolute Gasteiger partial charge is 0.270 e. The van der Waals surface area contributed by atoms with Crippen LogP contribution in [0.1, 0.15) is 34.6 Å². The second-order valence-corrected chi connectivity index (χ2v) is 9.23. The molecule has 172 valence electrons. The van der Waals surface area contributed by atoms with Crippen molar-refractivity contribution in [3.05, 3.63) is 98.2 Å². The maximum atomic E-state index is 13.4. The lowest BCUT2D eigenvalue weighted by atomic mass is 10.1. The predicted molar refractivity (Wildman–Crippen MR) is 129 cm³/mol. The first kappa shape index (κ1) is 24.1. The first-order chi connectivity index (χ1) is 15.8. The SMILES string of the molecule is CC(C)CN(CC(=O)N(Cc1ccccc1)Cc1cccs1)C(=O)c1cccc([N+](=O)[O-])c1. The number of thiophene rings is 1. The summed E-state index contributed by atoms with van der Waals surface area (Å²) in [6.07, 6.45) is 0. The van der Waals surface area contributed by atoms with Crippen molar-refractivity contribution in [1.82, 2.24) is 9.80 Å². The highest BCUT2D eigenvalue weighted by Crippen LogP contribution is 2.18. The average molecular weight is 466 g/mol. The molecule has 0 radical (unpaired) electrons. The highest BCUT2D eigenvalue weighted by atomic mass is 32.1. The molecule has 3 aromatic rings. The van der Waals surface area contributed by atoms with Crippen LogP contribution in [0.3, 0.4) is 0 Å². The predicted octanol–water partition coefficient (Wildman–Crippen LogP) is 4.98. The molecule has 2 aromatic carbocycles. The summed E-state index contributed by atoms with van der Waals surface area (Å²) in [4.78, 5) is 41.5. The van der Waals surface area contributed by atoms with Gasteiger partial charge in [-0.25, -0.2) is 0 Å². The fraction of sp³-hybridized carbons (Fsp3) is 0.280. The number of hydrogen-bond donors (Lipinski definition) is 0. The Bertz CT molecular complexity index is 1080. The van der Waals surface area contributed by atoms with Crippen LogP contribution in [0, 0.1) is 16.0 Å². The van der Waals surface area contributed by atoms with E-state index in [1.807, 2.05) is 61.7 Å². The number of nitro groups is 1. The summed E-state index contributed by atoms with van der Waals surface area (Å²) in [6.45, 7) is 5.07. The van der Waals surface area contributed by atoms with E-state index in [4.69, 9.17) is 0 Å². The number of nitro benzene ring substituents is 1. The van der Waals surface area contributed by atoms with Gasteiger partial charge in [-0.3, -0.25) is 19.7 Å². The van der Waals surface area contributed by atoms with Gasteiger partial charge >= 0.3 is 0 Å². The van der Waals surface area contributed by atoms with Crippen LogP contribution in [0.15, 0.2) is 72.1 Å². The first-order valence-electron chi connectivity index (χ1n) is 10.7. The molecule has 3 rings (SSSR count). The molecule has 0 saturated carbocycles. The molecule has 7 nitrogen and oxygen atoms in total. The first-order valence-corrected chi connectivity index (χ1v) is 11.6. The minimum Gasteiger partial charge on any atom is -0.332 e. The topological polar surface area (TPSA) is 83.8 Å². The number of benzene rings is 2. The van der Waals surface area contributed by atoms with Gasteiger partial charge in [-0.1, -0.05) is 56.3 Å². The lowest BCUT2D eigenvalue weighted by Gasteiger charge is -2.28. The summed E-state index contributed by atoms with van der Waals surface area (Å²) >= 11 is 1.58. The number of amides is 2. The van der Waals surface area contributed by atoms with E-state index in [0.717, 1.165) is 10.4 Å². The van der Waals surface area contributed by atoms with Gasteiger partial charge in [-0.2, -0.15) is 0 Å². The largest absolute Gasteiger partial charge is 0.332 e. The van der Waals surface area contributed by atoms with Crippen molar-refractivity contribution >= 4 is 28.8 Å². The van der Waals surface area contributed by atoms with Gasteiger partial charge in [0.25, 0.3) is 11.6 Å². The number of non-ortho nitro benzene ring substituents is 1. The van der Waals surface area contributed by atoms with Gasteiger partial charge in [-0.15, -0.1) is 11.3 Å². The molecular formula is C25H27N3O4S. The van der Waals surface area contributed by atoms with Crippen LogP contribution in [0.5, 0.6) is 0 Å². The molecule has 0 aliphatic rings. The minimum absolute atomic E-state index is 0.0993. The summed E-state index contributed by atoms with van der Waals surface area (Å²) in [5, 5.41) is 13.1. The van der Waals surface area contributed by atoms with Crippen molar-refractivity contribution in [1.29, 1.82) is 0 Å². The van der Waals surface area contributed by atoms with Crippen molar-refractivity contribution in [2.75, 3.05) is 13.1 Å². The third-order valence-electron chi connectivity index (χ3n) is 5.00. The van der Waals surface area contributed by atoms with E-state index in [1.54, 1.807) is 22.3 Å². The van der Waals surface area contributed by atoms with E-state index >= 15 is 0 Å². The van der Waals surface area contributed by atoms with E-state index < -0.39 is 10.8 Å². The second kappa shape index (κ2) is 11.4. The van der Waals surface area contributed by atoms with Crippen LogP contribution in [-0.2, 0) is 17.9 Å². The van der Waals surface area contributed by atoms with E-state index in [9.17, 15) is 19.7 Å². The van der Waals surface area contributed by atoms with Gasteiger partial charge in [0.05, 0.1) is 11.5 Å². The Balaban J connectivity index is 1.82. The number of carbonyl (C=O) groups is 2. The molecule has 33 heavy (non-hydrogen) atoms. The Labute approximate surface area is 197 Å². The number of hydrogen-bond acceptors (Lipinski definition) is 5. The fourth-order valence-electron chi connectivity index (χ4n) is 3.49. The molecule has 0 unspecified atom stereocenters. The molecule has 8 heteroatoms. The van der Waals surface area contributed by atoms with Crippen molar-refractivity contribution in [3.8, 4) is 0 Å². The van der Waals surface area contributed by atoms with Crippen molar-refractivity contribution < 1.29 is 14.5 Å². The van der Waals surface area contributed by atoms with E-state index in [2.05, 4.69) is 0 Å². The third kappa shape index (κ3) is 6.98. The Morgan fingerprint density at radius 2 is 1.73 bits per heavy atom. The van der Waals surface area contributed by atoms with Crippen molar-refractivity contribution in [3.63, 3.8) is 0 Å². The van der Waals surface area contributed by atoms with Gasteiger partial charge in [0, 0.05) is 35.7 Å². The van der Waals surface area contributed by atoms with Gasteiger partial charge in [-0.05, 0) is 29.0 Å². The summed E-state index contributed by atoms with van der Waals surface area (Å²) in [6, 6.07) is 19.3. The molecule has 0 fully saturated rings. The van der Waals surface area contributed by atoms with Crippen LogP contribution in [0.4, 0.5) is 5.69 Å². The Kier molecular flexibility index (Phi) is 8.32. The van der Waals surface area contributed by atoms with Crippen LogP contribution in [-0.4, -0.2) is 39.6 Å². The number of nitrogens with zero attached hydrogens (tertiary/aromatic N) is 3.